The summed E-state index contributed by atoms with van der Waals surface area (Å²) in [6.07, 6.45) is -2.39. The van der Waals surface area contributed by atoms with Crippen molar-refractivity contribution in [1.82, 2.24) is 4.90 Å². The lowest BCUT2D eigenvalue weighted by atomic mass is 10.1. The van der Waals surface area contributed by atoms with Crippen LogP contribution < -0.4 is 4.74 Å². The lowest BCUT2D eigenvalue weighted by Crippen LogP contribution is -2.24. The fourth-order valence-corrected chi connectivity index (χ4v) is 1.62. The van der Waals surface area contributed by atoms with Crippen LogP contribution in [0.15, 0.2) is 18.2 Å². The van der Waals surface area contributed by atoms with Gasteiger partial charge in [0.2, 0.25) is 0 Å². The quantitative estimate of drug-likeness (QED) is 0.849. The number of hydrogen-bond acceptors (Lipinski definition) is 3. The molecule has 100 valence electrons. The summed E-state index contributed by atoms with van der Waals surface area (Å²) in [5.41, 5.74) is 0.776. The zero-order chi connectivity index (χ0) is 13.7. The molecular weight excluding hydrogens is 244 g/mol. The zero-order valence-electron chi connectivity index (χ0n) is 10.2. The average molecular weight is 259 g/mol. The number of carbonyl (C=O) groups is 1. The molecule has 0 saturated heterocycles. The van der Waals surface area contributed by atoms with E-state index in [9.17, 15) is 13.6 Å². The van der Waals surface area contributed by atoms with Gasteiger partial charge in [0.15, 0.2) is 0 Å². The summed E-state index contributed by atoms with van der Waals surface area (Å²) < 4.78 is 29.3. The number of halogens is 2. The molecule has 0 atom stereocenters. The Bertz CT molecular complexity index is 424. The largest absolute Gasteiger partial charge is 0.496 e. The average Bonchev–Trinajstić information content (AvgIpc) is 2.27. The molecule has 4 nitrogen and oxygen atoms in total. The Morgan fingerprint density at radius 1 is 1.50 bits per heavy atom. The van der Waals surface area contributed by atoms with Crippen LogP contribution in [-0.4, -0.2) is 43.1 Å². The SMILES string of the molecule is COc1cc(CN(C)CC(F)F)ccc1C(=O)O. The lowest BCUT2D eigenvalue weighted by molar-refractivity contribution is 0.0693. The van der Waals surface area contributed by atoms with Crippen molar-refractivity contribution in [3.8, 4) is 5.75 Å². The summed E-state index contributed by atoms with van der Waals surface area (Å²) in [5, 5.41) is 8.90. The lowest BCUT2D eigenvalue weighted by Gasteiger charge is -2.16. The van der Waals surface area contributed by atoms with Crippen molar-refractivity contribution >= 4 is 5.97 Å². The van der Waals surface area contributed by atoms with E-state index in [0.29, 0.717) is 6.54 Å². The normalized spacial score (nSPS) is 11.0. The molecule has 1 rings (SSSR count). The topological polar surface area (TPSA) is 49.8 Å². The van der Waals surface area contributed by atoms with Crippen LogP contribution in [0.4, 0.5) is 8.78 Å². The van der Waals surface area contributed by atoms with Gasteiger partial charge < -0.3 is 9.84 Å². The fourth-order valence-electron chi connectivity index (χ4n) is 1.62. The van der Waals surface area contributed by atoms with Gasteiger partial charge in [0.1, 0.15) is 11.3 Å². The van der Waals surface area contributed by atoms with Gasteiger partial charge in [-0.25, -0.2) is 13.6 Å². The van der Waals surface area contributed by atoms with E-state index in [2.05, 4.69) is 0 Å². The van der Waals surface area contributed by atoms with Gasteiger partial charge >= 0.3 is 5.97 Å². The zero-order valence-corrected chi connectivity index (χ0v) is 10.2. The van der Waals surface area contributed by atoms with Crippen LogP contribution >= 0.6 is 0 Å². The molecule has 0 aliphatic rings. The molecule has 18 heavy (non-hydrogen) atoms. The molecule has 0 aliphatic heterocycles. The summed E-state index contributed by atoms with van der Waals surface area (Å²) in [4.78, 5) is 12.3. The van der Waals surface area contributed by atoms with Gasteiger partial charge in [-0.3, -0.25) is 4.90 Å². The molecule has 1 N–H and O–H groups in total. The fraction of sp³-hybridized carbons (Fsp3) is 0.417. The third-order valence-electron chi connectivity index (χ3n) is 2.40. The Balaban J connectivity index is 2.82. The predicted molar refractivity (Wildman–Crippen MR) is 62.3 cm³/mol. The third kappa shape index (κ3) is 3.96. The molecule has 1 aromatic rings. The minimum Gasteiger partial charge on any atom is -0.496 e. The van der Waals surface area contributed by atoms with E-state index in [4.69, 9.17) is 9.84 Å². The van der Waals surface area contributed by atoms with Gasteiger partial charge in [-0.1, -0.05) is 6.07 Å². The molecule has 0 heterocycles. The smallest absolute Gasteiger partial charge is 0.339 e. The van der Waals surface area contributed by atoms with Crippen molar-refractivity contribution in [3.63, 3.8) is 0 Å². The summed E-state index contributed by atoms with van der Waals surface area (Å²) in [6, 6.07) is 4.55. The number of benzene rings is 1. The van der Waals surface area contributed by atoms with E-state index in [-0.39, 0.29) is 17.9 Å². The molecule has 0 unspecified atom stereocenters. The minimum atomic E-state index is -2.39. The first kappa shape index (κ1) is 14.4. The highest BCUT2D eigenvalue weighted by Crippen LogP contribution is 2.21. The second kappa shape index (κ2) is 6.30. The van der Waals surface area contributed by atoms with Gasteiger partial charge in [-0.2, -0.15) is 0 Å². The van der Waals surface area contributed by atoms with Crippen molar-refractivity contribution in [1.29, 1.82) is 0 Å². The summed E-state index contributed by atoms with van der Waals surface area (Å²) in [5.74, 6) is -0.857. The van der Waals surface area contributed by atoms with E-state index in [1.807, 2.05) is 0 Å². The van der Waals surface area contributed by atoms with E-state index in [0.717, 1.165) is 5.56 Å². The number of ether oxygens (including phenoxy) is 1. The number of carboxylic acid groups (broad SMARTS) is 1. The highest BCUT2D eigenvalue weighted by atomic mass is 19.3. The summed E-state index contributed by atoms with van der Waals surface area (Å²) in [7, 11) is 2.94. The van der Waals surface area contributed by atoms with Crippen molar-refractivity contribution in [2.75, 3.05) is 20.7 Å². The second-order valence-corrected chi connectivity index (χ2v) is 3.93. The first-order chi connectivity index (χ1) is 8.43. The Morgan fingerprint density at radius 2 is 2.17 bits per heavy atom. The summed E-state index contributed by atoms with van der Waals surface area (Å²) in [6.45, 7) is -0.0242. The van der Waals surface area contributed by atoms with E-state index in [1.165, 1.54) is 18.1 Å². The van der Waals surface area contributed by atoms with E-state index >= 15 is 0 Å². The minimum absolute atomic E-state index is 0.0535. The Hall–Kier alpha value is -1.69. The third-order valence-corrected chi connectivity index (χ3v) is 2.40. The van der Waals surface area contributed by atoms with Gasteiger partial charge in [0, 0.05) is 6.54 Å². The molecular formula is C12H15F2NO3. The maximum atomic E-state index is 12.2. The summed E-state index contributed by atoms with van der Waals surface area (Å²) >= 11 is 0. The molecule has 0 aliphatic carbocycles. The molecule has 0 bridgehead atoms. The molecule has 0 saturated carbocycles. The van der Waals surface area contributed by atoms with Crippen LogP contribution in [0.25, 0.3) is 0 Å². The molecule has 0 amide bonds. The molecule has 6 heteroatoms. The first-order valence-electron chi connectivity index (χ1n) is 5.31. The molecule has 0 fully saturated rings. The molecule has 0 aromatic heterocycles. The molecule has 1 aromatic carbocycles. The van der Waals surface area contributed by atoms with Gasteiger partial charge in [-0.05, 0) is 24.7 Å². The van der Waals surface area contributed by atoms with Crippen LogP contribution in [0.5, 0.6) is 5.75 Å². The van der Waals surface area contributed by atoms with Crippen molar-refractivity contribution in [2.24, 2.45) is 0 Å². The van der Waals surface area contributed by atoms with Crippen molar-refractivity contribution in [2.45, 2.75) is 13.0 Å². The Kier molecular flexibility index (Phi) is 5.03. The second-order valence-electron chi connectivity index (χ2n) is 3.93. The van der Waals surface area contributed by atoms with Gasteiger partial charge in [-0.15, -0.1) is 0 Å². The number of carboxylic acids is 1. The molecule has 0 radical (unpaired) electrons. The maximum Gasteiger partial charge on any atom is 0.339 e. The Morgan fingerprint density at radius 3 is 2.67 bits per heavy atom. The number of nitrogens with zero attached hydrogens (tertiary/aromatic N) is 1. The van der Waals surface area contributed by atoms with Crippen LogP contribution in [0, 0.1) is 0 Å². The monoisotopic (exact) mass is 259 g/mol. The van der Waals surface area contributed by atoms with Crippen molar-refractivity contribution < 1.29 is 23.4 Å². The van der Waals surface area contributed by atoms with E-state index in [1.54, 1.807) is 19.2 Å². The number of rotatable bonds is 6. The first-order valence-corrected chi connectivity index (χ1v) is 5.31. The predicted octanol–water partition coefficient (Wildman–Crippen LogP) is 2.09. The highest BCUT2D eigenvalue weighted by molar-refractivity contribution is 5.90. The standard InChI is InChI=1S/C12H15F2NO3/c1-15(7-11(13)14)6-8-3-4-9(12(16)17)10(5-8)18-2/h3-5,11H,6-7H2,1-2H3,(H,16,17). The van der Waals surface area contributed by atoms with Crippen LogP contribution in [0.2, 0.25) is 0 Å². The molecule has 0 spiro atoms. The van der Waals surface area contributed by atoms with Crippen LogP contribution in [-0.2, 0) is 6.54 Å². The maximum absolute atomic E-state index is 12.2. The van der Waals surface area contributed by atoms with Gasteiger partial charge in [0.25, 0.3) is 6.43 Å². The van der Waals surface area contributed by atoms with Crippen LogP contribution in [0.3, 0.4) is 0 Å². The number of alkyl halides is 2. The van der Waals surface area contributed by atoms with Gasteiger partial charge in [0.05, 0.1) is 13.7 Å². The Labute approximate surface area is 104 Å². The number of aromatic carboxylic acids is 1. The highest BCUT2D eigenvalue weighted by Gasteiger charge is 2.13. The van der Waals surface area contributed by atoms with Crippen LogP contribution in [0.1, 0.15) is 15.9 Å². The number of methoxy groups -OCH3 is 1. The number of hydrogen-bond donors (Lipinski definition) is 1. The van der Waals surface area contributed by atoms with E-state index < -0.39 is 12.4 Å². The van der Waals surface area contributed by atoms with Crippen molar-refractivity contribution in [3.05, 3.63) is 29.3 Å².